The molecule has 2 fully saturated rings. The van der Waals surface area contributed by atoms with E-state index < -0.39 is 46.1 Å². The number of aromatic nitrogens is 5. The second-order valence-corrected chi connectivity index (χ2v) is 13.6. The first-order valence-corrected chi connectivity index (χ1v) is 15.9. The van der Waals surface area contributed by atoms with E-state index >= 15 is 0 Å². The van der Waals surface area contributed by atoms with Crippen LogP contribution in [0.2, 0.25) is 5.28 Å². The monoisotopic (exact) mass is 588 g/mol. The summed E-state index contributed by atoms with van der Waals surface area (Å²) in [6.45, 7) is 0.175. The van der Waals surface area contributed by atoms with E-state index in [-0.39, 0.29) is 17.7 Å². The third kappa shape index (κ3) is 6.09. The number of fused-ring (bicyclic) bond motifs is 1. The number of aliphatic hydroxyl groups is 1. The molecule has 2 saturated heterocycles. The van der Waals surface area contributed by atoms with Crippen molar-refractivity contribution in [3.63, 3.8) is 0 Å². The predicted octanol–water partition coefficient (Wildman–Crippen LogP) is 2.59. The van der Waals surface area contributed by atoms with Crippen molar-refractivity contribution < 1.29 is 38.2 Å². The number of hydrogen-bond donors (Lipinski definition) is 4. The van der Waals surface area contributed by atoms with Crippen molar-refractivity contribution in [2.75, 3.05) is 24.0 Å². The number of halogens is 1. The van der Waals surface area contributed by atoms with Crippen molar-refractivity contribution in [1.29, 1.82) is 0 Å². The Morgan fingerprint density at radius 1 is 1.13 bits per heavy atom. The summed E-state index contributed by atoms with van der Waals surface area (Å²) in [6, 6.07) is 10.2. The largest absolute Gasteiger partial charge is 0.390 e. The van der Waals surface area contributed by atoms with Gasteiger partial charge in [-0.15, -0.1) is 5.10 Å². The Morgan fingerprint density at radius 3 is 2.63 bits per heavy atom. The number of nitrogens with zero attached hydrogens (tertiary/aromatic N) is 6. The fourth-order valence-electron chi connectivity index (χ4n) is 4.87. The molecule has 2 aliphatic rings. The molecule has 0 bridgehead atoms. The summed E-state index contributed by atoms with van der Waals surface area (Å²) in [5.74, 6) is -0.796. The Balaban J connectivity index is 1.39. The molecule has 5 atom stereocenters. The molecule has 3 aromatic rings. The van der Waals surface area contributed by atoms with Crippen LogP contribution in [-0.4, -0.2) is 76.0 Å². The molecule has 1 unspecified atom stereocenters. The minimum absolute atomic E-state index is 0.00878. The predicted molar refractivity (Wildman–Crippen MR) is 136 cm³/mol. The smallest absolute Gasteiger partial charge is 0.340 e. The molecule has 0 aliphatic carbocycles. The van der Waals surface area contributed by atoms with Gasteiger partial charge in [0.05, 0.1) is 18.8 Å². The molecule has 38 heavy (non-hydrogen) atoms. The van der Waals surface area contributed by atoms with E-state index in [1.54, 1.807) is 0 Å². The molecule has 5 rings (SSSR count). The van der Waals surface area contributed by atoms with Gasteiger partial charge in [0.15, 0.2) is 29.1 Å². The number of benzene rings is 1. The fraction of sp³-hybridized carbons (Fsp3) is 0.524. The zero-order valence-corrected chi connectivity index (χ0v) is 22.6. The molecule has 0 radical (unpaired) electrons. The van der Waals surface area contributed by atoms with E-state index in [9.17, 15) is 19.1 Å². The maximum absolute atomic E-state index is 12.0. The minimum Gasteiger partial charge on any atom is -0.390 e. The van der Waals surface area contributed by atoms with Gasteiger partial charge in [0, 0.05) is 13.0 Å². The summed E-state index contributed by atoms with van der Waals surface area (Å²) in [5, 5.41) is 19.0. The van der Waals surface area contributed by atoms with Crippen LogP contribution in [0.3, 0.4) is 0 Å². The highest BCUT2D eigenvalue weighted by atomic mass is 35.5. The lowest BCUT2D eigenvalue weighted by Crippen LogP contribution is -2.34. The molecule has 2 aliphatic heterocycles. The number of anilines is 1. The van der Waals surface area contributed by atoms with Gasteiger partial charge >= 0.3 is 15.2 Å². The molecule has 0 amide bonds. The number of hydrogen-bond acceptors (Lipinski definition) is 10. The fourth-order valence-corrected chi connectivity index (χ4v) is 7.60. The first kappa shape index (κ1) is 27.6. The highest BCUT2D eigenvalue weighted by Crippen LogP contribution is 2.55. The van der Waals surface area contributed by atoms with E-state index in [2.05, 4.69) is 37.3 Å². The lowest BCUT2D eigenvalue weighted by molar-refractivity contribution is -0.0440. The van der Waals surface area contributed by atoms with Crippen LogP contribution in [0.15, 0.2) is 30.3 Å². The van der Waals surface area contributed by atoms with Gasteiger partial charge in [-0.1, -0.05) is 35.5 Å². The van der Waals surface area contributed by atoms with Gasteiger partial charge in [-0.2, -0.15) is 14.6 Å². The summed E-state index contributed by atoms with van der Waals surface area (Å²) >= 11 is 6.33. The number of piperidine rings is 1. The van der Waals surface area contributed by atoms with Gasteiger partial charge in [-0.3, -0.25) is 9.13 Å². The zero-order valence-electron chi connectivity index (χ0n) is 20.0. The van der Waals surface area contributed by atoms with Crippen LogP contribution in [0.5, 0.6) is 0 Å². The van der Waals surface area contributed by atoms with Crippen molar-refractivity contribution in [2.45, 2.75) is 50.2 Å². The summed E-state index contributed by atoms with van der Waals surface area (Å²) in [6.07, 6.45) is -0.0264. The zero-order chi connectivity index (χ0) is 27.1. The van der Waals surface area contributed by atoms with Crippen molar-refractivity contribution in [2.24, 2.45) is 0 Å². The number of aliphatic hydroxyl groups excluding tert-OH is 1. The van der Waals surface area contributed by atoms with Crippen LogP contribution in [0, 0.1) is 0 Å². The van der Waals surface area contributed by atoms with E-state index in [1.165, 1.54) is 4.68 Å². The van der Waals surface area contributed by atoms with Crippen LogP contribution in [-0.2, 0) is 18.4 Å². The van der Waals surface area contributed by atoms with Crippen LogP contribution < -0.4 is 4.90 Å². The molecule has 4 N–H and O–H groups in total. The van der Waals surface area contributed by atoms with E-state index in [0.29, 0.717) is 17.0 Å². The molecular formula is C21H27ClN6O8P2. The van der Waals surface area contributed by atoms with Crippen molar-refractivity contribution in [3.05, 3.63) is 41.2 Å². The third-order valence-corrected chi connectivity index (χ3v) is 10.1. The topological polar surface area (TPSA) is 193 Å². The molecule has 0 saturated carbocycles. The average molecular weight is 589 g/mol. The van der Waals surface area contributed by atoms with Crippen molar-refractivity contribution in [1.82, 2.24) is 25.0 Å². The Morgan fingerprint density at radius 2 is 1.89 bits per heavy atom. The maximum Gasteiger partial charge on any atom is 0.340 e. The van der Waals surface area contributed by atoms with Crippen molar-refractivity contribution >= 4 is 43.8 Å². The van der Waals surface area contributed by atoms with Crippen LogP contribution >= 0.6 is 26.8 Å². The first-order chi connectivity index (χ1) is 18.0. The highest BCUT2D eigenvalue weighted by Gasteiger charge is 2.40. The molecular weight excluding hydrogens is 562 g/mol. The molecule has 1 aromatic carbocycles. The molecule has 4 heterocycles. The standard InChI is InChI=1S/C21H27ClN6O8P2/c22-21-23-19(27-9-5-4-8-14(27)13-6-2-1-3-7-13)18-20(24-21)28(26-25-18)17-10-15(29)16(36-17)11-35-38(33,34)12-37(30,31)32/h1-3,6-7,14-17,29H,4-5,8-12H2,(H,33,34)(H2,30,31,32)/t14-,15-,16+,17+/m0/s1. The Bertz CT molecular complexity index is 1390. The Kier molecular flexibility index (Phi) is 7.89. The molecule has 17 heteroatoms. The van der Waals surface area contributed by atoms with Gasteiger partial charge in [-0.05, 0) is 36.4 Å². The molecule has 14 nitrogen and oxygen atoms in total. The van der Waals surface area contributed by atoms with Crippen LogP contribution in [0.1, 0.15) is 43.5 Å². The van der Waals surface area contributed by atoms with Gasteiger partial charge in [-0.25, -0.2) is 0 Å². The van der Waals surface area contributed by atoms with Gasteiger partial charge in [0.2, 0.25) is 5.28 Å². The average Bonchev–Trinajstić information content (AvgIpc) is 3.44. The maximum atomic E-state index is 12.0. The summed E-state index contributed by atoms with van der Waals surface area (Å²) in [7, 11) is -9.39. The van der Waals surface area contributed by atoms with Crippen LogP contribution in [0.25, 0.3) is 11.2 Å². The summed E-state index contributed by atoms with van der Waals surface area (Å²) < 4.78 is 35.0. The third-order valence-electron chi connectivity index (χ3n) is 6.52. The quantitative estimate of drug-likeness (QED) is 0.222. The lowest BCUT2D eigenvalue weighted by atomic mass is 9.95. The van der Waals surface area contributed by atoms with Crippen molar-refractivity contribution in [3.8, 4) is 0 Å². The Hall–Kier alpha value is -1.99. The second kappa shape index (κ2) is 10.9. The first-order valence-electron chi connectivity index (χ1n) is 12.0. The molecule has 206 valence electrons. The highest BCUT2D eigenvalue weighted by molar-refractivity contribution is 7.70. The van der Waals surface area contributed by atoms with E-state index in [0.717, 1.165) is 31.4 Å². The molecule has 0 spiro atoms. The van der Waals surface area contributed by atoms with Gasteiger partial charge in [0.1, 0.15) is 6.10 Å². The SMILES string of the molecule is O=P(O)(O)CP(=O)(O)OC[C@H]1O[C@@H](n2nnc3c(N4CCCC[C@H]4c4ccccc4)nc(Cl)nc32)C[C@@H]1O. The summed E-state index contributed by atoms with van der Waals surface area (Å²) in [5.41, 5.74) is 1.86. The van der Waals surface area contributed by atoms with Crippen LogP contribution in [0.4, 0.5) is 5.82 Å². The second-order valence-electron chi connectivity index (χ2n) is 9.31. The normalized spacial score (nSPS) is 26.1. The van der Waals surface area contributed by atoms with Gasteiger partial charge in [0.25, 0.3) is 0 Å². The lowest BCUT2D eigenvalue weighted by Gasteiger charge is -2.37. The number of ether oxygens (including phenoxy) is 1. The Labute approximate surface area is 222 Å². The van der Waals surface area contributed by atoms with E-state index in [1.807, 2.05) is 18.2 Å². The molecule has 2 aromatic heterocycles. The summed E-state index contributed by atoms with van der Waals surface area (Å²) in [4.78, 5) is 38.6. The minimum atomic E-state index is -4.78. The number of rotatable bonds is 8. The van der Waals surface area contributed by atoms with E-state index in [4.69, 9.17) is 30.6 Å². The van der Waals surface area contributed by atoms with Gasteiger partial charge < -0.3 is 33.9 Å².